The molecule has 0 spiro atoms. The summed E-state index contributed by atoms with van der Waals surface area (Å²) < 4.78 is 6.93. The first kappa shape index (κ1) is 18.9. The van der Waals surface area contributed by atoms with Crippen LogP contribution in [0.4, 0.5) is 0 Å². The Balaban J connectivity index is 1.70. The van der Waals surface area contributed by atoms with Crippen molar-refractivity contribution in [2.24, 2.45) is 0 Å². The zero-order chi connectivity index (χ0) is 20.6. The second kappa shape index (κ2) is 7.60. The van der Waals surface area contributed by atoms with Crippen molar-refractivity contribution >= 4 is 10.8 Å². The maximum absolute atomic E-state index is 9.47. The number of benzene rings is 4. The van der Waals surface area contributed by atoms with E-state index in [0.29, 0.717) is 0 Å². The average Bonchev–Trinajstić information content (AvgIpc) is 2.83. The molecule has 0 atom stereocenters. The second-order valence-corrected chi connectivity index (χ2v) is 7.91. The molecule has 1 heterocycles. The maximum Gasteiger partial charge on any atom is 0.159 e. The smallest absolute Gasteiger partial charge is 0.159 e. The first-order valence-electron chi connectivity index (χ1n) is 10.3. The van der Waals surface area contributed by atoms with E-state index in [0.717, 1.165) is 46.2 Å². The Labute approximate surface area is 176 Å². The lowest BCUT2D eigenvalue weighted by Gasteiger charge is -2.40. The Hall–Kier alpha value is -3.14. The van der Waals surface area contributed by atoms with E-state index in [9.17, 15) is 10.2 Å². The van der Waals surface area contributed by atoms with Crippen LogP contribution in [0.15, 0.2) is 84.9 Å². The van der Waals surface area contributed by atoms with Gasteiger partial charge in [0.2, 0.25) is 0 Å². The Morgan fingerprint density at radius 3 is 1.90 bits per heavy atom. The van der Waals surface area contributed by atoms with Crippen molar-refractivity contribution in [2.45, 2.75) is 31.7 Å². The summed E-state index contributed by atoms with van der Waals surface area (Å²) in [5, 5.41) is 21.2. The third-order valence-electron chi connectivity index (χ3n) is 6.19. The zero-order valence-corrected chi connectivity index (χ0v) is 16.7. The van der Waals surface area contributed by atoms with Crippen LogP contribution in [0.25, 0.3) is 10.8 Å². The van der Waals surface area contributed by atoms with Crippen molar-refractivity contribution in [3.05, 3.63) is 113 Å². The van der Waals surface area contributed by atoms with Crippen LogP contribution < -0.4 is 4.74 Å². The first-order chi connectivity index (χ1) is 14.7. The molecule has 2 N–H and O–H groups in total. The van der Waals surface area contributed by atoms with Crippen LogP contribution in [0.3, 0.4) is 0 Å². The number of hydrogen-bond acceptors (Lipinski definition) is 3. The number of aliphatic hydroxyl groups is 2. The van der Waals surface area contributed by atoms with E-state index in [-0.39, 0.29) is 13.2 Å². The summed E-state index contributed by atoms with van der Waals surface area (Å²) in [5.41, 5.74) is 4.49. The fourth-order valence-electron chi connectivity index (χ4n) is 4.47. The van der Waals surface area contributed by atoms with Crippen molar-refractivity contribution in [1.82, 2.24) is 0 Å². The fraction of sp³-hybridized carbons (Fsp3) is 0.185. The maximum atomic E-state index is 9.47. The Kier molecular flexibility index (Phi) is 4.78. The molecule has 0 bridgehead atoms. The summed E-state index contributed by atoms with van der Waals surface area (Å²) in [7, 11) is 0. The largest absolute Gasteiger partial charge is 0.477 e. The molecule has 4 aromatic carbocycles. The van der Waals surface area contributed by atoms with Gasteiger partial charge in [-0.15, -0.1) is 0 Å². The molecular formula is C27H24O3. The fourth-order valence-corrected chi connectivity index (χ4v) is 4.47. The molecule has 3 nitrogen and oxygen atoms in total. The van der Waals surface area contributed by atoms with E-state index >= 15 is 0 Å². The molecule has 1 aliphatic heterocycles. The van der Waals surface area contributed by atoms with E-state index in [4.69, 9.17) is 4.74 Å². The molecule has 0 aliphatic carbocycles. The van der Waals surface area contributed by atoms with Gasteiger partial charge in [-0.25, -0.2) is 0 Å². The molecule has 5 rings (SSSR count). The number of aryl methyl sites for hydroxylation is 1. The van der Waals surface area contributed by atoms with Crippen LogP contribution in [-0.4, -0.2) is 10.2 Å². The minimum Gasteiger partial charge on any atom is -0.477 e. The predicted octanol–water partition coefficient (Wildman–Crippen LogP) is 5.09. The van der Waals surface area contributed by atoms with Crippen LogP contribution >= 0.6 is 0 Å². The molecule has 0 radical (unpaired) electrons. The Morgan fingerprint density at radius 1 is 0.700 bits per heavy atom. The summed E-state index contributed by atoms with van der Waals surface area (Å²) in [6.45, 7) is 0.0413. The summed E-state index contributed by atoms with van der Waals surface area (Å²) >= 11 is 0. The molecule has 0 fully saturated rings. The van der Waals surface area contributed by atoms with Gasteiger partial charge in [0.05, 0.1) is 13.2 Å². The van der Waals surface area contributed by atoms with Crippen molar-refractivity contribution in [2.75, 3.05) is 0 Å². The summed E-state index contributed by atoms with van der Waals surface area (Å²) in [6.07, 6.45) is 1.72. The molecule has 3 heteroatoms. The monoisotopic (exact) mass is 396 g/mol. The van der Waals surface area contributed by atoms with Gasteiger partial charge >= 0.3 is 0 Å². The highest BCUT2D eigenvalue weighted by atomic mass is 16.5. The predicted molar refractivity (Wildman–Crippen MR) is 118 cm³/mol. The SMILES string of the molecule is OCc1ccc(C2(c3ccc(CO)cc3)CCc3ccc4ccccc4c3O2)cc1. The van der Waals surface area contributed by atoms with Crippen LogP contribution in [0, 0.1) is 0 Å². The van der Waals surface area contributed by atoms with Crippen LogP contribution in [0.1, 0.15) is 34.2 Å². The highest BCUT2D eigenvalue weighted by Crippen LogP contribution is 2.46. The molecule has 30 heavy (non-hydrogen) atoms. The van der Waals surface area contributed by atoms with E-state index < -0.39 is 5.60 Å². The first-order valence-corrected chi connectivity index (χ1v) is 10.3. The van der Waals surface area contributed by atoms with Gasteiger partial charge in [-0.3, -0.25) is 0 Å². The molecule has 0 saturated heterocycles. The molecule has 4 aromatic rings. The molecule has 0 aromatic heterocycles. The quantitative estimate of drug-likeness (QED) is 0.505. The third kappa shape index (κ3) is 3.07. The number of hydrogen-bond donors (Lipinski definition) is 2. The Morgan fingerprint density at radius 2 is 1.30 bits per heavy atom. The highest BCUT2D eigenvalue weighted by Gasteiger charge is 2.40. The standard InChI is InChI=1S/C27H24O3/c28-17-19-5-11-23(12-6-19)27(24-13-7-20(18-29)8-14-24)16-15-22-10-9-21-3-1-2-4-25(21)26(22)30-27/h1-14,28-29H,15-18H2. The van der Waals surface area contributed by atoms with Crippen molar-refractivity contribution in [1.29, 1.82) is 0 Å². The van der Waals surface area contributed by atoms with Gasteiger partial charge < -0.3 is 14.9 Å². The minimum atomic E-state index is -0.626. The van der Waals surface area contributed by atoms with Gasteiger partial charge in [0.25, 0.3) is 0 Å². The molecular weight excluding hydrogens is 372 g/mol. The number of ether oxygens (including phenoxy) is 1. The van der Waals surface area contributed by atoms with Crippen molar-refractivity contribution in [3.63, 3.8) is 0 Å². The van der Waals surface area contributed by atoms with Gasteiger partial charge in [0, 0.05) is 5.39 Å². The second-order valence-electron chi connectivity index (χ2n) is 7.91. The minimum absolute atomic E-state index is 0.0206. The average molecular weight is 396 g/mol. The molecule has 0 unspecified atom stereocenters. The zero-order valence-electron chi connectivity index (χ0n) is 16.7. The lowest BCUT2D eigenvalue weighted by molar-refractivity contribution is 0.0871. The van der Waals surface area contributed by atoms with Crippen LogP contribution in [0.5, 0.6) is 5.75 Å². The van der Waals surface area contributed by atoms with E-state index in [1.807, 2.05) is 36.4 Å². The number of aliphatic hydroxyl groups excluding tert-OH is 2. The third-order valence-corrected chi connectivity index (χ3v) is 6.19. The molecule has 0 saturated carbocycles. The van der Waals surface area contributed by atoms with Gasteiger partial charge in [-0.05, 0) is 46.0 Å². The van der Waals surface area contributed by atoms with Gasteiger partial charge in [0.15, 0.2) is 5.60 Å². The van der Waals surface area contributed by atoms with Crippen LogP contribution in [0.2, 0.25) is 0 Å². The lowest BCUT2D eigenvalue weighted by Crippen LogP contribution is -2.38. The van der Waals surface area contributed by atoms with Gasteiger partial charge in [0.1, 0.15) is 5.75 Å². The molecule has 1 aliphatic rings. The van der Waals surface area contributed by atoms with Gasteiger partial charge in [-0.2, -0.15) is 0 Å². The summed E-state index contributed by atoms with van der Waals surface area (Å²) in [5.74, 6) is 0.941. The molecule has 0 amide bonds. The van der Waals surface area contributed by atoms with Crippen molar-refractivity contribution in [3.8, 4) is 5.75 Å². The number of rotatable bonds is 4. The summed E-state index contributed by atoms with van der Waals surface area (Å²) in [4.78, 5) is 0. The van der Waals surface area contributed by atoms with E-state index in [1.165, 1.54) is 10.9 Å². The lowest BCUT2D eigenvalue weighted by atomic mass is 9.78. The van der Waals surface area contributed by atoms with Gasteiger partial charge in [-0.1, -0.05) is 84.9 Å². The van der Waals surface area contributed by atoms with Crippen LogP contribution in [-0.2, 0) is 25.2 Å². The number of fused-ring (bicyclic) bond motifs is 3. The molecule has 150 valence electrons. The van der Waals surface area contributed by atoms with E-state index in [2.05, 4.69) is 48.5 Å². The topological polar surface area (TPSA) is 49.7 Å². The Bertz CT molecular complexity index is 1130. The summed E-state index contributed by atoms with van der Waals surface area (Å²) in [6, 6.07) is 28.7. The van der Waals surface area contributed by atoms with E-state index in [1.54, 1.807) is 0 Å². The van der Waals surface area contributed by atoms with Crippen molar-refractivity contribution < 1.29 is 14.9 Å². The highest BCUT2D eigenvalue weighted by molar-refractivity contribution is 5.90. The normalized spacial score (nSPS) is 14.9.